The fourth-order valence-electron chi connectivity index (χ4n) is 3.65. The number of carbonyl (C=O) groups excluding carboxylic acids is 2. The number of nitrogens with one attached hydrogen (secondary N) is 2. The van der Waals surface area contributed by atoms with Crippen LogP contribution < -0.4 is 10.6 Å². The summed E-state index contributed by atoms with van der Waals surface area (Å²) < 4.78 is 0. The Morgan fingerprint density at radius 2 is 1.25 bits per heavy atom. The van der Waals surface area contributed by atoms with Gasteiger partial charge in [-0.3, -0.25) is 9.59 Å². The normalized spacial score (nSPS) is 10.6. The maximum absolute atomic E-state index is 13.3. The van der Waals surface area contributed by atoms with E-state index in [4.69, 9.17) is 0 Å². The molecule has 4 nitrogen and oxygen atoms in total. The average molecular weight is 421 g/mol. The number of hydrogen-bond acceptors (Lipinski definition) is 2. The number of carbonyl (C=O) groups is 2. The lowest BCUT2D eigenvalue weighted by molar-refractivity contribution is -0.116. The van der Waals surface area contributed by atoms with Crippen molar-refractivity contribution in [1.29, 1.82) is 0 Å². The van der Waals surface area contributed by atoms with Crippen LogP contribution in [0.2, 0.25) is 0 Å². The minimum absolute atomic E-state index is 0.154. The zero-order valence-corrected chi connectivity index (χ0v) is 17.8. The molecule has 0 saturated heterocycles. The van der Waals surface area contributed by atoms with Crippen molar-refractivity contribution in [3.8, 4) is 0 Å². The van der Waals surface area contributed by atoms with Gasteiger partial charge in [-0.1, -0.05) is 84.9 Å². The van der Waals surface area contributed by atoms with E-state index in [-0.39, 0.29) is 11.8 Å². The molecule has 0 aliphatic rings. The van der Waals surface area contributed by atoms with Gasteiger partial charge < -0.3 is 10.6 Å². The highest BCUT2D eigenvalue weighted by Gasteiger charge is 2.23. The SMILES string of the molecule is Cc1ccccc1NC(=O)c1cccc(NC(=O)C(c2ccccc2)c2ccccc2)c1. The summed E-state index contributed by atoms with van der Waals surface area (Å²) in [7, 11) is 0. The third-order valence-corrected chi connectivity index (χ3v) is 5.31. The Labute approximate surface area is 187 Å². The molecular formula is C28H24N2O2. The van der Waals surface area contributed by atoms with E-state index in [2.05, 4.69) is 10.6 Å². The number of rotatable bonds is 6. The van der Waals surface area contributed by atoms with E-state index in [1.807, 2.05) is 91.9 Å². The van der Waals surface area contributed by atoms with Crippen LogP contribution in [0, 0.1) is 6.92 Å². The molecule has 4 rings (SSSR count). The first-order valence-corrected chi connectivity index (χ1v) is 10.5. The maximum Gasteiger partial charge on any atom is 0.255 e. The first-order chi connectivity index (χ1) is 15.6. The van der Waals surface area contributed by atoms with Crippen LogP contribution >= 0.6 is 0 Å². The quantitative estimate of drug-likeness (QED) is 0.401. The molecule has 0 saturated carbocycles. The number of amides is 2. The summed E-state index contributed by atoms with van der Waals surface area (Å²) in [6.07, 6.45) is 0. The summed E-state index contributed by atoms with van der Waals surface area (Å²) in [4.78, 5) is 26.1. The highest BCUT2D eigenvalue weighted by atomic mass is 16.2. The van der Waals surface area contributed by atoms with Gasteiger partial charge in [0.05, 0.1) is 5.92 Å². The molecule has 0 heterocycles. The van der Waals surface area contributed by atoms with Crippen LogP contribution in [0.4, 0.5) is 11.4 Å². The predicted molar refractivity (Wildman–Crippen MR) is 129 cm³/mol. The van der Waals surface area contributed by atoms with Gasteiger partial charge in [0.1, 0.15) is 0 Å². The third kappa shape index (κ3) is 4.93. The van der Waals surface area contributed by atoms with Gasteiger partial charge in [-0.25, -0.2) is 0 Å². The van der Waals surface area contributed by atoms with Crippen LogP contribution in [0.1, 0.15) is 33.0 Å². The summed E-state index contributed by atoms with van der Waals surface area (Å²) in [5.74, 6) is -0.834. The molecule has 4 heteroatoms. The van der Waals surface area contributed by atoms with Crippen molar-refractivity contribution < 1.29 is 9.59 Å². The molecule has 0 aliphatic carbocycles. The van der Waals surface area contributed by atoms with Gasteiger partial charge in [-0.2, -0.15) is 0 Å². The smallest absolute Gasteiger partial charge is 0.255 e. The second kappa shape index (κ2) is 9.75. The van der Waals surface area contributed by atoms with Gasteiger partial charge in [0.2, 0.25) is 5.91 Å². The molecule has 0 spiro atoms. The van der Waals surface area contributed by atoms with E-state index in [9.17, 15) is 9.59 Å². The summed E-state index contributed by atoms with van der Waals surface area (Å²) in [5.41, 5.74) is 4.61. The molecule has 0 unspecified atom stereocenters. The van der Waals surface area contributed by atoms with Gasteiger partial charge >= 0.3 is 0 Å². The predicted octanol–water partition coefficient (Wildman–Crippen LogP) is 6.02. The van der Waals surface area contributed by atoms with Crippen molar-refractivity contribution in [2.75, 3.05) is 10.6 Å². The van der Waals surface area contributed by atoms with Gasteiger partial charge in [-0.15, -0.1) is 0 Å². The highest BCUT2D eigenvalue weighted by molar-refractivity contribution is 6.06. The zero-order valence-electron chi connectivity index (χ0n) is 17.8. The molecule has 4 aromatic carbocycles. The molecule has 2 N–H and O–H groups in total. The largest absolute Gasteiger partial charge is 0.325 e. The van der Waals surface area contributed by atoms with Crippen molar-refractivity contribution in [1.82, 2.24) is 0 Å². The van der Waals surface area contributed by atoms with Crippen LogP contribution in [-0.2, 0) is 4.79 Å². The lowest BCUT2D eigenvalue weighted by atomic mass is 9.90. The molecule has 4 aromatic rings. The van der Waals surface area contributed by atoms with E-state index >= 15 is 0 Å². The first kappa shape index (κ1) is 21.1. The second-order valence-corrected chi connectivity index (χ2v) is 7.59. The fraction of sp³-hybridized carbons (Fsp3) is 0.0714. The number of anilines is 2. The lowest BCUT2D eigenvalue weighted by Crippen LogP contribution is -2.22. The van der Waals surface area contributed by atoms with Crippen LogP contribution in [-0.4, -0.2) is 11.8 Å². The van der Waals surface area contributed by atoms with E-state index in [0.29, 0.717) is 11.3 Å². The molecule has 0 bridgehead atoms. The zero-order chi connectivity index (χ0) is 22.3. The van der Waals surface area contributed by atoms with E-state index in [0.717, 1.165) is 22.4 Å². The minimum atomic E-state index is -0.457. The monoisotopic (exact) mass is 420 g/mol. The van der Waals surface area contributed by atoms with Crippen LogP contribution in [0.15, 0.2) is 109 Å². The standard InChI is InChI=1S/C28H24N2O2/c1-20-11-8-9-18-25(20)30-27(31)23-16-10-17-24(19-23)29-28(32)26(21-12-4-2-5-13-21)22-14-6-3-7-15-22/h2-19,26H,1H3,(H,29,32)(H,30,31). The van der Waals surface area contributed by atoms with Gasteiger partial charge in [0.25, 0.3) is 5.91 Å². The van der Waals surface area contributed by atoms with Crippen LogP contribution in [0.3, 0.4) is 0 Å². The topological polar surface area (TPSA) is 58.2 Å². The molecule has 2 amide bonds. The van der Waals surface area contributed by atoms with Crippen LogP contribution in [0.5, 0.6) is 0 Å². The Hall–Kier alpha value is -4.18. The van der Waals surface area contributed by atoms with Gasteiger partial charge in [-0.05, 0) is 47.9 Å². The van der Waals surface area contributed by atoms with Crippen molar-refractivity contribution in [2.24, 2.45) is 0 Å². The Morgan fingerprint density at radius 3 is 1.88 bits per heavy atom. The number of para-hydroxylation sites is 1. The second-order valence-electron chi connectivity index (χ2n) is 7.59. The van der Waals surface area contributed by atoms with Crippen molar-refractivity contribution in [2.45, 2.75) is 12.8 Å². The van der Waals surface area contributed by atoms with E-state index in [1.165, 1.54) is 0 Å². The third-order valence-electron chi connectivity index (χ3n) is 5.31. The molecule has 0 fully saturated rings. The van der Waals surface area contributed by atoms with Gasteiger partial charge in [0, 0.05) is 16.9 Å². The van der Waals surface area contributed by atoms with Crippen molar-refractivity contribution >= 4 is 23.2 Å². The summed E-state index contributed by atoms with van der Waals surface area (Å²) in [6.45, 7) is 1.94. The number of benzene rings is 4. The van der Waals surface area contributed by atoms with Crippen molar-refractivity contribution in [3.05, 3.63) is 131 Å². The van der Waals surface area contributed by atoms with Crippen molar-refractivity contribution in [3.63, 3.8) is 0 Å². The summed E-state index contributed by atoms with van der Waals surface area (Å²) >= 11 is 0. The average Bonchev–Trinajstić information content (AvgIpc) is 2.82. The Balaban J connectivity index is 1.56. The Morgan fingerprint density at radius 1 is 0.656 bits per heavy atom. The number of hydrogen-bond donors (Lipinski definition) is 2. The molecular weight excluding hydrogens is 396 g/mol. The maximum atomic E-state index is 13.3. The first-order valence-electron chi connectivity index (χ1n) is 10.5. The molecule has 0 aliphatic heterocycles. The van der Waals surface area contributed by atoms with E-state index in [1.54, 1.807) is 24.3 Å². The highest BCUT2D eigenvalue weighted by Crippen LogP contribution is 2.26. The number of aryl methyl sites for hydroxylation is 1. The molecule has 0 aromatic heterocycles. The molecule has 0 atom stereocenters. The summed E-state index contributed by atoms with van der Waals surface area (Å²) in [6, 6.07) is 33.9. The molecule has 32 heavy (non-hydrogen) atoms. The molecule has 158 valence electrons. The lowest BCUT2D eigenvalue weighted by Gasteiger charge is -2.18. The van der Waals surface area contributed by atoms with Crippen LogP contribution in [0.25, 0.3) is 0 Å². The fourth-order valence-corrected chi connectivity index (χ4v) is 3.65. The minimum Gasteiger partial charge on any atom is -0.325 e. The summed E-state index contributed by atoms with van der Waals surface area (Å²) in [5, 5.41) is 5.92. The van der Waals surface area contributed by atoms with E-state index < -0.39 is 5.92 Å². The van der Waals surface area contributed by atoms with Gasteiger partial charge in [0.15, 0.2) is 0 Å². The Kier molecular flexibility index (Phi) is 6.42. The molecule has 0 radical (unpaired) electrons. The Bertz CT molecular complexity index is 1180.